The largest absolute Gasteiger partial charge is 0.497 e. The summed E-state index contributed by atoms with van der Waals surface area (Å²) in [5.74, 6) is 1.22. The third-order valence-corrected chi connectivity index (χ3v) is 5.84. The van der Waals surface area contributed by atoms with E-state index in [0.29, 0.717) is 35.9 Å². The van der Waals surface area contributed by atoms with Crippen LogP contribution in [-0.4, -0.2) is 42.2 Å². The average molecular weight is 406 g/mol. The van der Waals surface area contributed by atoms with Crippen LogP contribution in [0, 0.1) is 0 Å². The Morgan fingerprint density at radius 3 is 2.29 bits per heavy atom. The maximum atomic E-state index is 13.0. The highest BCUT2D eigenvalue weighted by Crippen LogP contribution is 2.35. The van der Waals surface area contributed by atoms with E-state index in [1.165, 1.54) is 45.6 Å². The lowest BCUT2D eigenvalue weighted by molar-refractivity contribution is -0.117. The molecule has 0 radical (unpaired) electrons. The second-order valence-corrected chi connectivity index (χ2v) is 7.84. The topological polar surface area (TPSA) is 94.2 Å². The SMILES string of the molecule is COc1ccc(OC)c(NS(=O)(=O)c2ccc(OC)c(N3CCCC3=O)c2)c1. The van der Waals surface area contributed by atoms with Gasteiger partial charge in [0, 0.05) is 19.0 Å². The van der Waals surface area contributed by atoms with Crippen molar-refractivity contribution in [2.45, 2.75) is 17.7 Å². The normalized spacial score (nSPS) is 14.1. The van der Waals surface area contributed by atoms with Gasteiger partial charge >= 0.3 is 0 Å². The third kappa shape index (κ3) is 3.84. The zero-order valence-corrected chi connectivity index (χ0v) is 16.7. The number of nitrogens with zero attached hydrogens (tertiary/aromatic N) is 1. The minimum Gasteiger partial charge on any atom is -0.497 e. The van der Waals surface area contributed by atoms with Crippen LogP contribution in [-0.2, 0) is 14.8 Å². The van der Waals surface area contributed by atoms with Crippen LogP contribution in [0.2, 0.25) is 0 Å². The quantitative estimate of drug-likeness (QED) is 0.760. The number of ether oxygens (including phenoxy) is 3. The third-order valence-electron chi connectivity index (χ3n) is 4.48. The lowest BCUT2D eigenvalue weighted by atomic mass is 10.2. The van der Waals surface area contributed by atoms with Crippen LogP contribution in [0.3, 0.4) is 0 Å². The fraction of sp³-hybridized carbons (Fsp3) is 0.316. The fourth-order valence-electron chi connectivity index (χ4n) is 3.05. The van der Waals surface area contributed by atoms with Crippen LogP contribution in [0.5, 0.6) is 17.2 Å². The van der Waals surface area contributed by atoms with Gasteiger partial charge in [-0.15, -0.1) is 0 Å². The second-order valence-electron chi connectivity index (χ2n) is 6.15. The van der Waals surface area contributed by atoms with Crippen molar-refractivity contribution < 1.29 is 27.4 Å². The number of rotatable bonds is 7. The molecule has 150 valence electrons. The smallest absolute Gasteiger partial charge is 0.262 e. The van der Waals surface area contributed by atoms with E-state index in [0.717, 1.165) is 6.42 Å². The van der Waals surface area contributed by atoms with Crippen molar-refractivity contribution in [3.05, 3.63) is 36.4 Å². The molecular formula is C19H22N2O6S. The number of benzene rings is 2. The number of amides is 1. The highest BCUT2D eigenvalue weighted by molar-refractivity contribution is 7.92. The molecule has 2 aromatic rings. The molecule has 0 aliphatic carbocycles. The van der Waals surface area contributed by atoms with Crippen LogP contribution in [0.4, 0.5) is 11.4 Å². The molecule has 0 atom stereocenters. The van der Waals surface area contributed by atoms with E-state index in [1.807, 2.05) is 0 Å². The Morgan fingerprint density at radius 1 is 0.964 bits per heavy atom. The van der Waals surface area contributed by atoms with Crippen molar-refractivity contribution in [3.63, 3.8) is 0 Å². The molecule has 1 N–H and O–H groups in total. The van der Waals surface area contributed by atoms with Gasteiger partial charge in [-0.3, -0.25) is 9.52 Å². The molecule has 0 saturated carbocycles. The molecule has 2 aromatic carbocycles. The molecule has 0 spiro atoms. The summed E-state index contributed by atoms with van der Waals surface area (Å²) < 4.78 is 44.1. The molecule has 1 amide bonds. The second kappa shape index (κ2) is 7.97. The Bertz CT molecular complexity index is 990. The molecule has 9 heteroatoms. The molecule has 0 unspecified atom stereocenters. The van der Waals surface area contributed by atoms with Gasteiger partial charge in [0.25, 0.3) is 10.0 Å². The van der Waals surface area contributed by atoms with Gasteiger partial charge in [0.2, 0.25) is 5.91 Å². The van der Waals surface area contributed by atoms with Gasteiger partial charge in [-0.25, -0.2) is 8.42 Å². The van der Waals surface area contributed by atoms with Crippen molar-refractivity contribution in [2.24, 2.45) is 0 Å². The fourth-order valence-corrected chi connectivity index (χ4v) is 4.13. The number of carbonyl (C=O) groups is 1. The molecule has 0 bridgehead atoms. The van der Waals surface area contributed by atoms with Gasteiger partial charge in [0.05, 0.1) is 37.6 Å². The predicted octanol–water partition coefficient (Wildman–Crippen LogP) is 2.64. The molecular weight excluding hydrogens is 384 g/mol. The van der Waals surface area contributed by atoms with Crippen LogP contribution in [0.15, 0.2) is 41.3 Å². The number of hydrogen-bond donors (Lipinski definition) is 1. The Kier molecular flexibility index (Phi) is 5.64. The van der Waals surface area contributed by atoms with E-state index in [-0.39, 0.29) is 16.5 Å². The summed E-state index contributed by atoms with van der Waals surface area (Å²) in [6.07, 6.45) is 1.15. The first-order valence-electron chi connectivity index (χ1n) is 8.63. The van der Waals surface area contributed by atoms with E-state index in [4.69, 9.17) is 14.2 Å². The molecule has 3 rings (SSSR count). The number of hydrogen-bond acceptors (Lipinski definition) is 6. The summed E-state index contributed by atoms with van der Waals surface area (Å²) in [5.41, 5.74) is 0.682. The molecule has 1 fully saturated rings. The molecule has 1 aliphatic heterocycles. The zero-order chi connectivity index (χ0) is 20.3. The molecule has 1 aliphatic rings. The van der Waals surface area contributed by atoms with Crippen LogP contribution >= 0.6 is 0 Å². The monoisotopic (exact) mass is 406 g/mol. The van der Waals surface area contributed by atoms with Crippen molar-refractivity contribution in [2.75, 3.05) is 37.5 Å². The van der Waals surface area contributed by atoms with Crippen molar-refractivity contribution in [1.82, 2.24) is 0 Å². The van der Waals surface area contributed by atoms with Crippen LogP contribution in [0.1, 0.15) is 12.8 Å². The Balaban J connectivity index is 1.99. The van der Waals surface area contributed by atoms with Crippen LogP contribution < -0.4 is 23.8 Å². The summed E-state index contributed by atoms with van der Waals surface area (Å²) in [4.78, 5) is 13.7. The minimum absolute atomic E-state index is 0.00729. The molecule has 1 saturated heterocycles. The Labute approximate surface area is 164 Å². The van der Waals surface area contributed by atoms with Crippen molar-refractivity contribution in [3.8, 4) is 17.2 Å². The lowest BCUT2D eigenvalue weighted by Crippen LogP contribution is -2.25. The highest BCUT2D eigenvalue weighted by Gasteiger charge is 2.27. The summed E-state index contributed by atoms with van der Waals surface area (Å²) in [5, 5.41) is 0. The van der Waals surface area contributed by atoms with E-state index in [1.54, 1.807) is 17.0 Å². The Hall–Kier alpha value is -2.94. The predicted molar refractivity (Wildman–Crippen MR) is 105 cm³/mol. The van der Waals surface area contributed by atoms with E-state index < -0.39 is 10.0 Å². The minimum atomic E-state index is -3.94. The molecule has 8 nitrogen and oxygen atoms in total. The zero-order valence-electron chi connectivity index (χ0n) is 15.9. The van der Waals surface area contributed by atoms with Crippen LogP contribution in [0.25, 0.3) is 0 Å². The first-order chi connectivity index (χ1) is 13.4. The summed E-state index contributed by atoms with van der Waals surface area (Å²) >= 11 is 0. The number of carbonyl (C=O) groups excluding carboxylic acids is 1. The number of anilines is 2. The first kappa shape index (κ1) is 19.8. The van der Waals surface area contributed by atoms with Gasteiger partial charge in [-0.05, 0) is 36.8 Å². The number of nitrogens with one attached hydrogen (secondary N) is 1. The summed E-state index contributed by atoms with van der Waals surface area (Å²) in [6.45, 7) is 0.524. The van der Waals surface area contributed by atoms with Gasteiger partial charge in [-0.1, -0.05) is 0 Å². The number of methoxy groups -OCH3 is 3. The molecule has 0 aromatic heterocycles. The van der Waals surface area contributed by atoms with Gasteiger partial charge in [0.1, 0.15) is 17.2 Å². The van der Waals surface area contributed by atoms with Crippen molar-refractivity contribution in [1.29, 1.82) is 0 Å². The van der Waals surface area contributed by atoms with Gasteiger partial charge in [-0.2, -0.15) is 0 Å². The van der Waals surface area contributed by atoms with Gasteiger partial charge in [0.15, 0.2) is 0 Å². The maximum Gasteiger partial charge on any atom is 0.262 e. The molecule has 1 heterocycles. The summed E-state index contributed by atoms with van der Waals surface area (Å²) in [6, 6.07) is 9.22. The standard InChI is InChI=1S/C19H22N2O6S/c1-25-13-6-8-17(26-2)15(11-13)20-28(23,24)14-7-9-18(27-3)16(12-14)21-10-4-5-19(21)22/h6-9,11-12,20H,4-5,10H2,1-3H3. The summed E-state index contributed by atoms with van der Waals surface area (Å²) in [7, 11) is 0.472. The molecule has 28 heavy (non-hydrogen) atoms. The van der Waals surface area contributed by atoms with E-state index >= 15 is 0 Å². The van der Waals surface area contributed by atoms with Gasteiger partial charge < -0.3 is 19.1 Å². The van der Waals surface area contributed by atoms with Crippen molar-refractivity contribution >= 4 is 27.3 Å². The first-order valence-corrected chi connectivity index (χ1v) is 10.1. The maximum absolute atomic E-state index is 13.0. The Morgan fingerprint density at radius 2 is 1.68 bits per heavy atom. The van der Waals surface area contributed by atoms with E-state index in [2.05, 4.69) is 4.72 Å². The van der Waals surface area contributed by atoms with E-state index in [9.17, 15) is 13.2 Å². The number of sulfonamides is 1. The average Bonchev–Trinajstić information content (AvgIpc) is 3.12. The lowest BCUT2D eigenvalue weighted by Gasteiger charge is -2.20. The highest BCUT2D eigenvalue weighted by atomic mass is 32.2.